The number of anilines is 2. The van der Waals surface area contributed by atoms with E-state index in [0.29, 0.717) is 27.8 Å². The monoisotopic (exact) mass is 504 g/mol. The SMILES string of the molecule is CCOC(=O)C1=C(c2ccccc2)Nc2nc(SCC)[nH]c(=O)c2C1c1ccc(N(CC)CC)cc1. The first-order valence-electron chi connectivity index (χ1n) is 12.4. The lowest BCUT2D eigenvalue weighted by atomic mass is 9.81. The van der Waals surface area contributed by atoms with Crippen LogP contribution in [0.25, 0.3) is 5.70 Å². The zero-order valence-electron chi connectivity index (χ0n) is 21.1. The van der Waals surface area contributed by atoms with Gasteiger partial charge in [0.25, 0.3) is 5.56 Å². The molecule has 0 fully saturated rings. The number of aromatic amines is 1. The van der Waals surface area contributed by atoms with Gasteiger partial charge in [0.05, 0.1) is 29.4 Å². The van der Waals surface area contributed by atoms with Gasteiger partial charge in [0.1, 0.15) is 5.82 Å². The van der Waals surface area contributed by atoms with Gasteiger partial charge in [-0.15, -0.1) is 0 Å². The molecule has 2 aromatic carbocycles. The number of carbonyl (C=O) groups excluding carboxylic acids is 1. The second-order valence-corrected chi connectivity index (χ2v) is 9.52. The number of ether oxygens (including phenoxy) is 1. The fourth-order valence-electron chi connectivity index (χ4n) is 4.57. The van der Waals surface area contributed by atoms with Gasteiger partial charge in [-0.05, 0) is 49.8 Å². The van der Waals surface area contributed by atoms with Crippen LogP contribution in [0.15, 0.2) is 70.1 Å². The Bertz CT molecular complexity index is 1300. The van der Waals surface area contributed by atoms with Crippen molar-refractivity contribution in [3.63, 3.8) is 0 Å². The van der Waals surface area contributed by atoms with Crippen LogP contribution in [0.1, 0.15) is 50.3 Å². The van der Waals surface area contributed by atoms with Gasteiger partial charge in [-0.1, -0.05) is 61.2 Å². The van der Waals surface area contributed by atoms with Crippen molar-refractivity contribution in [1.29, 1.82) is 0 Å². The number of fused-ring (bicyclic) bond motifs is 1. The molecule has 3 aromatic rings. The van der Waals surface area contributed by atoms with Crippen LogP contribution < -0.4 is 15.8 Å². The Kier molecular flexibility index (Phi) is 8.15. The molecule has 188 valence electrons. The number of thioether (sulfide) groups is 1. The first kappa shape index (κ1) is 25.6. The normalized spacial score (nSPS) is 14.7. The van der Waals surface area contributed by atoms with Crippen LogP contribution in [0.5, 0.6) is 0 Å². The van der Waals surface area contributed by atoms with Gasteiger partial charge in [-0.25, -0.2) is 9.78 Å². The zero-order valence-corrected chi connectivity index (χ0v) is 21.9. The number of aromatic nitrogens is 2. The predicted octanol–water partition coefficient (Wildman–Crippen LogP) is 5.26. The molecule has 0 spiro atoms. The molecule has 0 saturated heterocycles. The number of hydrogen-bond donors (Lipinski definition) is 2. The summed E-state index contributed by atoms with van der Waals surface area (Å²) in [7, 11) is 0. The van der Waals surface area contributed by atoms with E-state index < -0.39 is 11.9 Å². The fourth-order valence-corrected chi connectivity index (χ4v) is 5.16. The quantitative estimate of drug-likeness (QED) is 0.233. The maximum atomic E-state index is 13.5. The third-order valence-corrected chi connectivity index (χ3v) is 6.97. The van der Waals surface area contributed by atoms with Gasteiger partial charge in [0, 0.05) is 18.8 Å². The van der Waals surface area contributed by atoms with E-state index in [0.717, 1.165) is 35.7 Å². The molecule has 1 aliphatic heterocycles. The van der Waals surface area contributed by atoms with E-state index in [9.17, 15) is 9.59 Å². The van der Waals surface area contributed by atoms with Crippen LogP contribution in [-0.2, 0) is 9.53 Å². The summed E-state index contributed by atoms with van der Waals surface area (Å²) in [5.74, 6) is 0.129. The summed E-state index contributed by atoms with van der Waals surface area (Å²) in [5, 5.41) is 3.85. The highest BCUT2D eigenvalue weighted by atomic mass is 32.2. The molecule has 0 radical (unpaired) electrons. The van der Waals surface area contributed by atoms with Gasteiger partial charge >= 0.3 is 5.97 Å². The smallest absolute Gasteiger partial charge is 0.337 e. The molecule has 7 nitrogen and oxygen atoms in total. The zero-order chi connectivity index (χ0) is 25.7. The van der Waals surface area contributed by atoms with Crippen LogP contribution in [0, 0.1) is 0 Å². The van der Waals surface area contributed by atoms with Gasteiger partial charge in [0.2, 0.25) is 0 Å². The molecule has 1 atom stereocenters. The largest absolute Gasteiger partial charge is 0.463 e. The molecule has 1 unspecified atom stereocenters. The Hall–Kier alpha value is -3.52. The molecule has 2 N–H and O–H groups in total. The number of carbonyl (C=O) groups is 1. The molecule has 0 bridgehead atoms. The van der Waals surface area contributed by atoms with Crippen LogP contribution in [-0.4, -0.2) is 41.4 Å². The van der Waals surface area contributed by atoms with Crippen molar-refractivity contribution in [2.45, 2.75) is 38.8 Å². The minimum absolute atomic E-state index is 0.228. The maximum Gasteiger partial charge on any atom is 0.337 e. The number of H-pyrrole nitrogens is 1. The highest BCUT2D eigenvalue weighted by Crippen LogP contribution is 2.43. The Labute approximate surface area is 216 Å². The molecule has 0 aliphatic carbocycles. The third-order valence-electron chi connectivity index (χ3n) is 6.22. The number of rotatable bonds is 9. The van der Waals surface area contributed by atoms with Crippen LogP contribution >= 0.6 is 11.8 Å². The number of esters is 1. The summed E-state index contributed by atoms with van der Waals surface area (Å²) in [4.78, 5) is 36.8. The first-order valence-corrected chi connectivity index (χ1v) is 13.4. The van der Waals surface area contributed by atoms with E-state index in [2.05, 4.69) is 29.0 Å². The Morgan fingerprint density at radius 2 is 1.72 bits per heavy atom. The van der Waals surface area contributed by atoms with E-state index in [1.807, 2.05) is 61.5 Å². The minimum atomic E-state index is -0.641. The van der Waals surface area contributed by atoms with Crippen molar-refractivity contribution in [2.75, 3.05) is 35.7 Å². The van der Waals surface area contributed by atoms with Crippen LogP contribution in [0.3, 0.4) is 0 Å². The standard InChI is InChI=1S/C28H32N4O3S/c1-5-32(6-2)20-16-14-18(15-17-20)21-22(27(34)35-7-3)24(19-12-10-9-11-13-19)29-25-23(21)26(33)31-28(30-25)36-8-4/h9-17,21H,5-8H2,1-4H3,(H2,29,30,31,33). The minimum Gasteiger partial charge on any atom is -0.463 e. The van der Waals surface area contributed by atoms with Crippen molar-refractivity contribution >= 4 is 34.9 Å². The molecule has 8 heteroatoms. The van der Waals surface area contributed by atoms with E-state index >= 15 is 0 Å². The summed E-state index contributed by atoms with van der Waals surface area (Å²) in [6, 6.07) is 17.7. The summed E-state index contributed by atoms with van der Waals surface area (Å²) in [6.07, 6.45) is 0. The third kappa shape index (κ3) is 5.04. The Balaban J connectivity index is 1.97. The van der Waals surface area contributed by atoms with Crippen molar-refractivity contribution in [1.82, 2.24) is 9.97 Å². The molecule has 1 aromatic heterocycles. The second kappa shape index (κ2) is 11.5. The topological polar surface area (TPSA) is 87.3 Å². The van der Waals surface area contributed by atoms with Crippen molar-refractivity contribution in [2.24, 2.45) is 0 Å². The average molecular weight is 505 g/mol. The van der Waals surface area contributed by atoms with Gasteiger partial charge in [0.15, 0.2) is 5.16 Å². The van der Waals surface area contributed by atoms with E-state index in [1.54, 1.807) is 6.92 Å². The predicted molar refractivity (Wildman–Crippen MR) is 147 cm³/mol. The number of benzene rings is 2. The molecular formula is C28H32N4O3S. The highest BCUT2D eigenvalue weighted by molar-refractivity contribution is 7.99. The summed E-state index contributed by atoms with van der Waals surface area (Å²) >= 11 is 1.46. The lowest BCUT2D eigenvalue weighted by molar-refractivity contribution is -0.138. The molecule has 2 heterocycles. The van der Waals surface area contributed by atoms with E-state index in [4.69, 9.17) is 9.72 Å². The summed E-state index contributed by atoms with van der Waals surface area (Å²) in [6.45, 7) is 10.0. The molecule has 4 rings (SSSR count). The van der Waals surface area contributed by atoms with Crippen molar-refractivity contribution < 1.29 is 9.53 Å². The van der Waals surface area contributed by atoms with E-state index in [1.165, 1.54) is 11.8 Å². The van der Waals surface area contributed by atoms with Gasteiger partial charge in [-0.3, -0.25) is 4.79 Å². The number of nitrogens with zero attached hydrogens (tertiary/aromatic N) is 2. The molecule has 0 saturated carbocycles. The lowest BCUT2D eigenvalue weighted by Crippen LogP contribution is -2.31. The van der Waals surface area contributed by atoms with Gasteiger partial charge < -0.3 is 19.9 Å². The molecule has 36 heavy (non-hydrogen) atoms. The average Bonchev–Trinajstić information content (AvgIpc) is 2.89. The van der Waals surface area contributed by atoms with Crippen molar-refractivity contribution in [3.05, 3.63) is 87.2 Å². The fraction of sp³-hybridized carbons (Fsp3) is 0.321. The highest BCUT2D eigenvalue weighted by Gasteiger charge is 2.38. The van der Waals surface area contributed by atoms with Crippen molar-refractivity contribution in [3.8, 4) is 0 Å². The summed E-state index contributed by atoms with van der Waals surface area (Å²) in [5.41, 5.74) is 3.88. The Morgan fingerprint density at radius 1 is 1.03 bits per heavy atom. The molecule has 0 amide bonds. The number of nitrogens with one attached hydrogen (secondary N) is 2. The van der Waals surface area contributed by atoms with Gasteiger partial charge in [-0.2, -0.15) is 0 Å². The van der Waals surface area contributed by atoms with Crippen LogP contribution in [0.2, 0.25) is 0 Å². The summed E-state index contributed by atoms with van der Waals surface area (Å²) < 4.78 is 5.52. The first-order chi connectivity index (χ1) is 17.5. The second-order valence-electron chi connectivity index (χ2n) is 8.26. The lowest BCUT2D eigenvalue weighted by Gasteiger charge is -2.30. The number of hydrogen-bond acceptors (Lipinski definition) is 7. The van der Waals surface area contributed by atoms with Crippen LogP contribution in [0.4, 0.5) is 11.5 Å². The molecule has 1 aliphatic rings. The maximum absolute atomic E-state index is 13.5. The van der Waals surface area contributed by atoms with E-state index in [-0.39, 0.29) is 12.2 Å². The Morgan fingerprint density at radius 3 is 2.33 bits per heavy atom. The molecular weight excluding hydrogens is 472 g/mol.